The van der Waals surface area contributed by atoms with Crippen LogP contribution in [0.25, 0.3) is 0 Å². The maximum absolute atomic E-state index is 12.4. The highest BCUT2D eigenvalue weighted by Gasteiger charge is 2.32. The van der Waals surface area contributed by atoms with E-state index in [-0.39, 0.29) is 23.8 Å². The van der Waals surface area contributed by atoms with E-state index in [0.29, 0.717) is 12.8 Å². The van der Waals surface area contributed by atoms with E-state index >= 15 is 0 Å². The van der Waals surface area contributed by atoms with Crippen LogP contribution in [0.2, 0.25) is 0 Å². The highest BCUT2D eigenvalue weighted by atomic mass is 16.4. The fourth-order valence-electron chi connectivity index (χ4n) is 3.21. The Morgan fingerprint density at radius 1 is 1.38 bits per heavy atom. The molecule has 0 spiro atoms. The SMILES string of the molecule is Cc1nn(C)c(C)c1[C@@H](C)C(=O)N[C@H]1CC[C@@H](C(=O)O)C1. The molecule has 6 nitrogen and oxygen atoms in total. The van der Waals surface area contributed by atoms with E-state index in [9.17, 15) is 9.59 Å². The van der Waals surface area contributed by atoms with Gasteiger partial charge in [-0.25, -0.2) is 0 Å². The molecule has 3 atom stereocenters. The number of hydrogen-bond donors (Lipinski definition) is 2. The second-order valence-electron chi connectivity index (χ2n) is 5.98. The fraction of sp³-hybridized carbons (Fsp3) is 0.667. The third-order valence-electron chi connectivity index (χ3n) is 4.52. The van der Waals surface area contributed by atoms with Crippen LogP contribution in [0, 0.1) is 19.8 Å². The zero-order chi connectivity index (χ0) is 15.7. The Labute approximate surface area is 124 Å². The van der Waals surface area contributed by atoms with Gasteiger partial charge in [0, 0.05) is 24.3 Å². The molecule has 2 N–H and O–H groups in total. The van der Waals surface area contributed by atoms with Gasteiger partial charge in [0.1, 0.15) is 0 Å². The number of carboxylic acid groups (broad SMARTS) is 1. The molecule has 0 aromatic carbocycles. The minimum absolute atomic E-state index is 0.0293. The molecule has 6 heteroatoms. The summed E-state index contributed by atoms with van der Waals surface area (Å²) < 4.78 is 1.78. The summed E-state index contributed by atoms with van der Waals surface area (Å²) in [6, 6.07) is -0.0293. The summed E-state index contributed by atoms with van der Waals surface area (Å²) in [7, 11) is 1.87. The molecule has 21 heavy (non-hydrogen) atoms. The van der Waals surface area contributed by atoms with E-state index in [1.807, 2.05) is 27.8 Å². The zero-order valence-corrected chi connectivity index (χ0v) is 13.0. The van der Waals surface area contributed by atoms with Gasteiger partial charge in [-0.1, -0.05) is 0 Å². The Kier molecular flexibility index (Phi) is 4.34. The van der Waals surface area contributed by atoms with Crippen molar-refractivity contribution in [2.75, 3.05) is 0 Å². The number of carbonyl (C=O) groups is 2. The highest BCUT2D eigenvalue weighted by Crippen LogP contribution is 2.27. The molecule has 1 aliphatic rings. The lowest BCUT2D eigenvalue weighted by Gasteiger charge is -2.17. The zero-order valence-electron chi connectivity index (χ0n) is 13.0. The van der Waals surface area contributed by atoms with Crippen LogP contribution in [-0.4, -0.2) is 32.8 Å². The number of rotatable bonds is 4. The predicted molar refractivity (Wildman–Crippen MR) is 78.0 cm³/mol. The highest BCUT2D eigenvalue weighted by molar-refractivity contribution is 5.84. The molecule has 1 aromatic rings. The lowest BCUT2D eigenvalue weighted by atomic mass is 9.97. The molecule has 1 aliphatic carbocycles. The summed E-state index contributed by atoms with van der Waals surface area (Å²) in [4.78, 5) is 23.4. The minimum Gasteiger partial charge on any atom is -0.481 e. The number of aryl methyl sites for hydroxylation is 2. The van der Waals surface area contributed by atoms with Crippen LogP contribution in [0.4, 0.5) is 0 Å². The first-order valence-electron chi connectivity index (χ1n) is 7.34. The van der Waals surface area contributed by atoms with Crippen molar-refractivity contribution in [3.63, 3.8) is 0 Å². The number of carbonyl (C=O) groups excluding carboxylic acids is 1. The Morgan fingerprint density at radius 3 is 2.52 bits per heavy atom. The molecule has 2 rings (SSSR count). The van der Waals surface area contributed by atoms with Crippen molar-refractivity contribution >= 4 is 11.9 Å². The number of aliphatic carboxylic acids is 1. The van der Waals surface area contributed by atoms with Gasteiger partial charge >= 0.3 is 5.97 Å². The summed E-state index contributed by atoms with van der Waals surface area (Å²) in [5.74, 6) is -1.42. The number of nitrogens with zero attached hydrogens (tertiary/aromatic N) is 2. The molecule has 0 bridgehead atoms. The normalized spacial score (nSPS) is 23.0. The first-order chi connectivity index (χ1) is 9.81. The summed E-state index contributed by atoms with van der Waals surface area (Å²) in [6.07, 6.45) is 1.90. The molecule has 1 saturated carbocycles. The van der Waals surface area contributed by atoms with E-state index in [2.05, 4.69) is 10.4 Å². The van der Waals surface area contributed by atoms with Crippen molar-refractivity contribution in [3.05, 3.63) is 17.0 Å². The van der Waals surface area contributed by atoms with E-state index in [1.165, 1.54) is 0 Å². The molecular formula is C15H23N3O3. The number of carboxylic acids is 1. The van der Waals surface area contributed by atoms with Crippen LogP contribution in [0.1, 0.15) is 49.1 Å². The average molecular weight is 293 g/mol. The fourth-order valence-corrected chi connectivity index (χ4v) is 3.21. The second kappa shape index (κ2) is 5.87. The number of hydrogen-bond acceptors (Lipinski definition) is 3. The van der Waals surface area contributed by atoms with Crippen LogP contribution >= 0.6 is 0 Å². The first-order valence-corrected chi connectivity index (χ1v) is 7.34. The molecule has 1 fully saturated rings. The molecule has 1 heterocycles. The van der Waals surface area contributed by atoms with Crippen molar-refractivity contribution in [3.8, 4) is 0 Å². The maximum atomic E-state index is 12.4. The summed E-state index contributed by atoms with van der Waals surface area (Å²) >= 11 is 0. The quantitative estimate of drug-likeness (QED) is 0.881. The van der Waals surface area contributed by atoms with Gasteiger partial charge in [-0.05, 0) is 40.0 Å². The van der Waals surface area contributed by atoms with Gasteiger partial charge in [-0.2, -0.15) is 5.10 Å². The van der Waals surface area contributed by atoms with Crippen LogP contribution in [0.3, 0.4) is 0 Å². The van der Waals surface area contributed by atoms with Gasteiger partial charge in [0.2, 0.25) is 5.91 Å². The van der Waals surface area contributed by atoms with Gasteiger partial charge < -0.3 is 10.4 Å². The van der Waals surface area contributed by atoms with Gasteiger partial charge in [-0.15, -0.1) is 0 Å². The van der Waals surface area contributed by atoms with Gasteiger partial charge in [0.25, 0.3) is 0 Å². The number of nitrogens with one attached hydrogen (secondary N) is 1. The standard InChI is InChI=1S/C15H23N3O3/c1-8(13-9(2)17-18(4)10(13)3)14(19)16-12-6-5-11(7-12)15(20)21/h8,11-12H,5-7H2,1-4H3,(H,16,19)(H,20,21)/t8-,11-,12+/m1/s1. The third-order valence-corrected chi connectivity index (χ3v) is 4.52. The lowest BCUT2D eigenvalue weighted by molar-refractivity contribution is -0.141. The molecular weight excluding hydrogens is 270 g/mol. The molecule has 0 unspecified atom stereocenters. The van der Waals surface area contributed by atoms with Crippen LogP contribution in [-0.2, 0) is 16.6 Å². The minimum atomic E-state index is -0.765. The summed E-state index contributed by atoms with van der Waals surface area (Å²) in [5, 5.41) is 16.3. The molecule has 0 aliphatic heterocycles. The maximum Gasteiger partial charge on any atom is 0.306 e. The Morgan fingerprint density at radius 2 is 2.05 bits per heavy atom. The molecule has 0 saturated heterocycles. The summed E-state index contributed by atoms with van der Waals surface area (Å²) in [6.45, 7) is 5.73. The van der Waals surface area contributed by atoms with Crippen molar-refractivity contribution in [1.82, 2.24) is 15.1 Å². The van der Waals surface area contributed by atoms with Crippen LogP contribution in [0.15, 0.2) is 0 Å². The van der Waals surface area contributed by atoms with Crippen molar-refractivity contribution in [2.24, 2.45) is 13.0 Å². The van der Waals surface area contributed by atoms with Gasteiger partial charge in [-0.3, -0.25) is 14.3 Å². The average Bonchev–Trinajstić information content (AvgIpc) is 2.95. The van der Waals surface area contributed by atoms with E-state index in [0.717, 1.165) is 23.4 Å². The number of amides is 1. The van der Waals surface area contributed by atoms with E-state index in [4.69, 9.17) is 5.11 Å². The second-order valence-corrected chi connectivity index (χ2v) is 5.98. The predicted octanol–water partition coefficient (Wildman–Crippen LogP) is 1.51. The number of aromatic nitrogens is 2. The van der Waals surface area contributed by atoms with Gasteiger partial charge in [0.05, 0.1) is 17.5 Å². The molecule has 116 valence electrons. The molecule has 0 radical (unpaired) electrons. The lowest BCUT2D eigenvalue weighted by Crippen LogP contribution is -2.36. The van der Waals surface area contributed by atoms with E-state index in [1.54, 1.807) is 4.68 Å². The Balaban J connectivity index is 2.02. The van der Waals surface area contributed by atoms with E-state index < -0.39 is 5.97 Å². The Bertz CT molecular complexity index is 565. The van der Waals surface area contributed by atoms with Crippen molar-refractivity contribution < 1.29 is 14.7 Å². The molecule has 1 aromatic heterocycles. The van der Waals surface area contributed by atoms with Crippen LogP contribution in [0.5, 0.6) is 0 Å². The van der Waals surface area contributed by atoms with Crippen molar-refractivity contribution in [2.45, 2.75) is 52.0 Å². The monoisotopic (exact) mass is 293 g/mol. The van der Waals surface area contributed by atoms with Crippen molar-refractivity contribution in [1.29, 1.82) is 0 Å². The smallest absolute Gasteiger partial charge is 0.306 e. The first kappa shape index (κ1) is 15.5. The summed E-state index contributed by atoms with van der Waals surface area (Å²) in [5.41, 5.74) is 2.82. The largest absolute Gasteiger partial charge is 0.481 e. The van der Waals surface area contributed by atoms with Crippen LogP contribution < -0.4 is 5.32 Å². The molecule has 1 amide bonds. The van der Waals surface area contributed by atoms with Gasteiger partial charge in [0.15, 0.2) is 0 Å². The topological polar surface area (TPSA) is 84.2 Å². The Hall–Kier alpha value is -1.85. The third kappa shape index (κ3) is 3.09.